The molecule has 1 heterocycles. The lowest BCUT2D eigenvalue weighted by Crippen LogP contribution is -2.09. The first-order valence-corrected chi connectivity index (χ1v) is 6.97. The van der Waals surface area contributed by atoms with E-state index in [0.29, 0.717) is 19.2 Å². The highest BCUT2D eigenvalue weighted by atomic mass is 16.5. The van der Waals surface area contributed by atoms with Crippen LogP contribution in [0.15, 0.2) is 24.3 Å². The first-order valence-electron chi connectivity index (χ1n) is 6.97. The van der Waals surface area contributed by atoms with Crippen LogP contribution < -0.4 is 5.73 Å². The van der Waals surface area contributed by atoms with E-state index < -0.39 is 0 Å². The molecule has 0 bridgehead atoms. The van der Waals surface area contributed by atoms with Crippen LogP contribution in [0.1, 0.15) is 45.0 Å². The molecule has 0 saturated carbocycles. The number of benzene rings is 1. The summed E-state index contributed by atoms with van der Waals surface area (Å²) in [6.07, 6.45) is 0.248. The minimum atomic E-state index is 0.248. The fraction of sp³-hybridized carbons (Fsp3) is 0.500. The molecule has 0 fully saturated rings. The van der Waals surface area contributed by atoms with Gasteiger partial charge in [-0.2, -0.15) is 0 Å². The number of rotatable bonds is 5. The normalized spacial score (nSPS) is 11.9. The molecule has 104 valence electrons. The first-order chi connectivity index (χ1) is 9.02. The highest BCUT2D eigenvalue weighted by Crippen LogP contribution is 2.26. The maximum absolute atomic E-state index is 5.76. The van der Waals surface area contributed by atoms with Crippen LogP contribution in [0, 0.1) is 0 Å². The summed E-state index contributed by atoms with van der Waals surface area (Å²) in [6, 6.07) is 9.08. The summed E-state index contributed by atoms with van der Waals surface area (Å²) >= 11 is 0. The Hall–Kier alpha value is -1.32. The fourth-order valence-electron chi connectivity index (χ4n) is 2.44. The van der Waals surface area contributed by atoms with Gasteiger partial charge in [-0.1, -0.05) is 6.07 Å². The van der Waals surface area contributed by atoms with Crippen molar-refractivity contribution >= 4 is 10.9 Å². The zero-order valence-electron chi connectivity index (χ0n) is 12.3. The van der Waals surface area contributed by atoms with Crippen LogP contribution in [-0.2, 0) is 17.9 Å². The standard InChI is InChI=1S/C16H24N2O/c1-11(2)18-15(10-19-12(3)4)8-14-7-13(9-17)5-6-16(14)18/h5-8,11-12H,9-10,17H2,1-4H3. The SMILES string of the molecule is CC(C)OCc1cc2cc(CN)ccc2n1C(C)C. The number of hydrogen-bond acceptors (Lipinski definition) is 2. The van der Waals surface area contributed by atoms with E-state index in [4.69, 9.17) is 10.5 Å². The van der Waals surface area contributed by atoms with Crippen LogP contribution in [0.25, 0.3) is 10.9 Å². The molecule has 2 rings (SSSR count). The first kappa shape index (κ1) is 14.1. The number of aromatic nitrogens is 1. The van der Waals surface area contributed by atoms with E-state index in [0.717, 1.165) is 0 Å². The van der Waals surface area contributed by atoms with Gasteiger partial charge in [-0.15, -0.1) is 0 Å². The topological polar surface area (TPSA) is 40.2 Å². The lowest BCUT2D eigenvalue weighted by atomic mass is 10.1. The predicted octanol–water partition coefficient (Wildman–Crippen LogP) is 3.61. The number of fused-ring (bicyclic) bond motifs is 1. The Morgan fingerprint density at radius 2 is 1.89 bits per heavy atom. The fourth-order valence-corrected chi connectivity index (χ4v) is 2.44. The number of ether oxygens (including phenoxy) is 1. The molecule has 3 nitrogen and oxygen atoms in total. The molecule has 0 amide bonds. The van der Waals surface area contributed by atoms with E-state index in [1.807, 2.05) is 0 Å². The number of nitrogens with two attached hydrogens (primary N) is 1. The molecular weight excluding hydrogens is 236 g/mol. The molecule has 0 aliphatic heterocycles. The third-order valence-corrected chi connectivity index (χ3v) is 3.30. The molecule has 2 N–H and O–H groups in total. The molecule has 0 unspecified atom stereocenters. The quantitative estimate of drug-likeness (QED) is 0.892. The third-order valence-electron chi connectivity index (χ3n) is 3.30. The largest absolute Gasteiger partial charge is 0.373 e. The average Bonchev–Trinajstić information content (AvgIpc) is 2.73. The second kappa shape index (κ2) is 5.76. The molecule has 0 spiro atoms. The Bertz CT molecular complexity index is 555. The second-order valence-electron chi connectivity index (χ2n) is 5.56. The van der Waals surface area contributed by atoms with E-state index in [2.05, 4.69) is 56.5 Å². The molecular formula is C16H24N2O. The molecule has 3 heteroatoms. The molecule has 0 aliphatic rings. The predicted molar refractivity (Wildman–Crippen MR) is 80.1 cm³/mol. The Balaban J connectivity index is 2.46. The highest BCUT2D eigenvalue weighted by molar-refractivity contribution is 5.82. The van der Waals surface area contributed by atoms with E-state index in [1.54, 1.807) is 0 Å². The summed E-state index contributed by atoms with van der Waals surface area (Å²) in [5.74, 6) is 0. The van der Waals surface area contributed by atoms with Gasteiger partial charge in [0.25, 0.3) is 0 Å². The van der Waals surface area contributed by atoms with Crippen molar-refractivity contribution in [2.75, 3.05) is 0 Å². The molecule has 19 heavy (non-hydrogen) atoms. The molecule has 1 aromatic carbocycles. The zero-order chi connectivity index (χ0) is 14.0. The minimum Gasteiger partial charge on any atom is -0.373 e. The van der Waals surface area contributed by atoms with E-state index in [1.165, 1.54) is 22.2 Å². The minimum absolute atomic E-state index is 0.248. The molecule has 1 aromatic heterocycles. The van der Waals surface area contributed by atoms with Gasteiger partial charge in [-0.05, 0) is 51.5 Å². The van der Waals surface area contributed by atoms with Gasteiger partial charge in [-0.25, -0.2) is 0 Å². The Kier molecular flexibility index (Phi) is 4.27. The molecule has 2 aromatic rings. The van der Waals surface area contributed by atoms with Crippen molar-refractivity contribution in [2.45, 2.75) is 53.0 Å². The van der Waals surface area contributed by atoms with Crippen molar-refractivity contribution in [2.24, 2.45) is 5.73 Å². The van der Waals surface area contributed by atoms with E-state index in [-0.39, 0.29) is 6.10 Å². The number of nitrogens with zero attached hydrogens (tertiary/aromatic N) is 1. The van der Waals surface area contributed by atoms with Gasteiger partial charge in [0.05, 0.1) is 12.7 Å². The van der Waals surface area contributed by atoms with Gasteiger partial charge in [-0.3, -0.25) is 0 Å². The maximum Gasteiger partial charge on any atom is 0.0871 e. The van der Waals surface area contributed by atoms with Gasteiger partial charge in [0.15, 0.2) is 0 Å². The lowest BCUT2D eigenvalue weighted by molar-refractivity contribution is 0.0615. The van der Waals surface area contributed by atoms with Crippen molar-refractivity contribution in [1.82, 2.24) is 4.57 Å². The average molecular weight is 260 g/mol. The Morgan fingerprint density at radius 3 is 2.47 bits per heavy atom. The Labute approximate surface area is 115 Å². The summed E-state index contributed by atoms with van der Waals surface area (Å²) in [5.41, 5.74) is 9.37. The van der Waals surface area contributed by atoms with Crippen LogP contribution >= 0.6 is 0 Å². The molecule has 0 radical (unpaired) electrons. The number of hydrogen-bond donors (Lipinski definition) is 1. The van der Waals surface area contributed by atoms with Gasteiger partial charge in [0, 0.05) is 29.2 Å². The van der Waals surface area contributed by atoms with Crippen LogP contribution in [0.2, 0.25) is 0 Å². The van der Waals surface area contributed by atoms with Crippen LogP contribution in [0.5, 0.6) is 0 Å². The maximum atomic E-state index is 5.76. The third kappa shape index (κ3) is 2.99. The lowest BCUT2D eigenvalue weighted by Gasteiger charge is -2.16. The highest BCUT2D eigenvalue weighted by Gasteiger charge is 2.12. The van der Waals surface area contributed by atoms with E-state index >= 15 is 0 Å². The molecule has 0 saturated heterocycles. The van der Waals surface area contributed by atoms with Gasteiger partial charge in [0.1, 0.15) is 0 Å². The Morgan fingerprint density at radius 1 is 1.16 bits per heavy atom. The van der Waals surface area contributed by atoms with Crippen LogP contribution in [-0.4, -0.2) is 10.7 Å². The van der Waals surface area contributed by atoms with Crippen molar-refractivity contribution in [3.8, 4) is 0 Å². The van der Waals surface area contributed by atoms with Crippen LogP contribution in [0.4, 0.5) is 0 Å². The second-order valence-corrected chi connectivity index (χ2v) is 5.56. The summed E-state index contributed by atoms with van der Waals surface area (Å²) in [6.45, 7) is 9.78. The molecule has 0 aliphatic carbocycles. The summed E-state index contributed by atoms with van der Waals surface area (Å²) in [4.78, 5) is 0. The van der Waals surface area contributed by atoms with Crippen molar-refractivity contribution < 1.29 is 4.74 Å². The molecule has 0 atom stereocenters. The van der Waals surface area contributed by atoms with Gasteiger partial charge >= 0.3 is 0 Å². The summed E-state index contributed by atoms with van der Waals surface area (Å²) < 4.78 is 8.10. The van der Waals surface area contributed by atoms with Crippen molar-refractivity contribution in [3.63, 3.8) is 0 Å². The monoisotopic (exact) mass is 260 g/mol. The van der Waals surface area contributed by atoms with Gasteiger partial charge in [0.2, 0.25) is 0 Å². The summed E-state index contributed by atoms with van der Waals surface area (Å²) in [7, 11) is 0. The van der Waals surface area contributed by atoms with Crippen LogP contribution in [0.3, 0.4) is 0 Å². The van der Waals surface area contributed by atoms with Crippen molar-refractivity contribution in [1.29, 1.82) is 0 Å². The van der Waals surface area contributed by atoms with Gasteiger partial charge < -0.3 is 15.0 Å². The summed E-state index contributed by atoms with van der Waals surface area (Å²) in [5, 5.41) is 1.25. The van der Waals surface area contributed by atoms with E-state index in [9.17, 15) is 0 Å². The smallest absolute Gasteiger partial charge is 0.0871 e. The van der Waals surface area contributed by atoms with Crippen molar-refractivity contribution in [3.05, 3.63) is 35.5 Å². The zero-order valence-corrected chi connectivity index (χ0v) is 12.3.